The molecule has 0 aliphatic carbocycles. The van der Waals surface area contributed by atoms with Crippen LogP contribution >= 0.6 is 0 Å². The van der Waals surface area contributed by atoms with E-state index in [-0.39, 0.29) is 0 Å². The second-order valence-electron chi connectivity index (χ2n) is 5.82. The summed E-state index contributed by atoms with van der Waals surface area (Å²) in [5.74, 6) is 2.31. The summed E-state index contributed by atoms with van der Waals surface area (Å²) in [6, 6.07) is 0.914. The lowest BCUT2D eigenvalue weighted by molar-refractivity contribution is 0.121. The molecule has 0 heterocycles. The zero-order valence-electron chi connectivity index (χ0n) is 13.3. The van der Waals surface area contributed by atoms with Crippen molar-refractivity contribution < 1.29 is 13.3 Å². The molecular formula is C14H32O3Si. The highest BCUT2D eigenvalue weighted by atomic mass is 28.4. The van der Waals surface area contributed by atoms with Gasteiger partial charge in [0.2, 0.25) is 0 Å². The van der Waals surface area contributed by atoms with Gasteiger partial charge in [-0.3, -0.25) is 0 Å². The summed E-state index contributed by atoms with van der Waals surface area (Å²) >= 11 is 0. The summed E-state index contributed by atoms with van der Waals surface area (Å²) in [6.45, 7) is 9.24. The van der Waals surface area contributed by atoms with Crippen LogP contribution in [0.1, 0.15) is 47.0 Å². The van der Waals surface area contributed by atoms with E-state index in [1.165, 1.54) is 12.8 Å². The van der Waals surface area contributed by atoms with Gasteiger partial charge in [0.1, 0.15) is 0 Å². The Bertz CT molecular complexity index is 195. The third-order valence-corrected chi connectivity index (χ3v) is 6.54. The molecule has 0 fully saturated rings. The van der Waals surface area contributed by atoms with Crippen molar-refractivity contribution in [3.05, 3.63) is 0 Å². The average Bonchev–Trinajstić information content (AvgIpc) is 2.33. The number of rotatable bonds is 10. The lowest BCUT2D eigenvalue weighted by Gasteiger charge is -2.27. The van der Waals surface area contributed by atoms with Gasteiger partial charge in [-0.2, -0.15) is 0 Å². The van der Waals surface area contributed by atoms with Crippen molar-refractivity contribution in [3.8, 4) is 0 Å². The maximum atomic E-state index is 5.45. The van der Waals surface area contributed by atoms with Crippen LogP contribution in [-0.4, -0.2) is 30.1 Å². The highest BCUT2D eigenvalue weighted by Gasteiger charge is 2.37. The van der Waals surface area contributed by atoms with Gasteiger partial charge in [0, 0.05) is 27.4 Å². The number of hydrogen-bond acceptors (Lipinski definition) is 3. The molecule has 0 N–H and O–H groups in total. The first kappa shape index (κ1) is 18.1. The fraction of sp³-hybridized carbons (Fsp3) is 1.00. The Hall–Kier alpha value is 0.0969. The van der Waals surface area contributed by atoms with Gasteiger partial charge < -0.3 is 13.3 Å². The maximum absolute atomic E-state index is 5.45. The van der Waals surface area contributed by atoms with E-state index in [0.717, 1.165) is 30.2 Å². The Morgan fingerprint density at radius 3 is 1.72 bits per heavy atom. The fourth-order valence-corrected chi connectivity index (χ4v) is 4.22. The smallest absolute Gasteiger partial charge is 0.377 e. The van der Waals surface area contributed by atoms with Gasteiger partial charge in [0.15, 0.2) is 0 Å². The van der Waals surface area contributed by atoms with E-state index < -0.39 is 8.80 Å². The first-order valence-electron chi connectivity index (χ1n) is 7.06. The Labute approximate surface area is 115 Å². The highest BCUT2D eigenvalue weighted by molar-refractivity contribution is 6.60. The number of hydrogen-bond donors (Lipinski definition) is 0. The summed E-state index contributed by atoms with van der Waals surface area (Å²) in [4.78, 5) is 0. The van der Waals surface area contributed by atoms with Crippen LogP contribution in [0.5, 0.6) is 0 Å². The van der Waals surface area contributed by atoms with Crippen LogP contribution in [0.25, 0.3) is 0 Å². The van der Waals surface area contributed by atoms with E-state index in [4.69, 9.17) is 13.3 Å². The van der Waals surface area contributed by atoms with Gasteiger partial charge >= 0.3 is 8.80 Å². The summed E-state index contributed by atoms with van der Waals surface area (Å²) in [6.07, 6.45) is 3.66. The van der Waals surface area contributed by atoms with Gasteiger partial charge in [-0.1, -0.05) is 34.1 Å². The third-order valence-electron chi connectivity index (χ3n) is 3.71. The molecule has 110 valence electrons. The average molecular weight is 276 g/mol. The van der Waals surface area contributed by atoms with Crippen molar-refractivity contribution in [2.24, 2.45) is 17.8 Å². The minimum Gasteiger partial charge on any atom is -0.377 e. The first-order chi connectivity index (χ1) is 8.40. The summed E-state index contributed by atoms with van der Waals surface area (Å²) < 4.78 is 16.4. The maximum Gasteiger partial charge on any atom is 0.500 e. The first-order valence-corrected chi connectivity index (χ1v) is 8.99. The van der Waals surface area contributed by atoms with Crippen molar-refractivity contribution in [1.29, 1.82) is 0 Å². The molecule has 18 heavy (non-hydrogen) atoms. The van der Waals surface area contributed by atoms with E-state index in [2.05, 4.69) is 27.7 Å². The van der Waals surface area contributed by atoms with E-state index in [1.54, 1.807) is 21.3 Å². The van der Waals surface area contributed by atoms with Gasteiger partial charge in [0.05, 0.1) is 0 Å². The van der Waals surface area contributed by atoms with E-state index in [9.17, 15) is 0 Å². The van der Waals surface area contributed by atoms with E-state index in [0.29, 0.717) is 0 Å². The lowest BCUT2D eigenvalue weighted by Crippen LogP contribution is -2.42. The molecule has 0 radical (unpaired) electrons. The van der Waals surface area contributed by atoms with Crippen molar-refractivity contribution >= 4 is 8.80 Å². The second-order valence-corrected chi connectivity index (χ2v) is 8.91. The topological polar surface area (TPSA) is 27.7 Å². The molecule has 0 aromatic heterocycles. The molecule has 0 aromatic carbocycles. The monoisotopic (exact) mass is 276 g/mol. The predicted octanol–water partition coefficient (Wildman–Crippen LogP) is 3.96. The molecule has 4 heteroatoms. The van der Waals surface area contributed by atoms with Gasteiger partial charge in [-0.15, -0.1) is 0 Å². The zero-order chi connectivity index (χ0) is 14.2. The molecule has 0 aliphatic heterocycles. The molecule has 1 unspecified atom stereocenters. The van der Waals surface area contributed by atoms with Gasteiger partial charge in [0.25, 0.3) is 0 Å². The summed E-state index contributed by atoms with van der Waals surface area (Å²) in [5, 5.41) is 0. The molecule has 0 saturated heterocycles. The van der Waals surface area contributed by atoms with Gasteiger partial charge in [-0.25, -0.2) is 0 Å². The van der Waals surface area contributed by atoms with Crippen LogP contribution in [-0.2, 0) is 13.3 Å². The Balaban J connectivity index is 4.19. The molecule has 0 rings (SSSR count). The van der Waals surface area contributed by atoms with Crippen LogP contribution in [0.15, 0.2) is 0 Å². The van der Waals surface area contributed by atoms with Gasteiger partial charge in [-0.05, 0) is 30.6 Å². The van der Waals surface area contributed by atoms with Crippen molar-refractivity contribution in [3.63, 3.8) is 0 Å². The Kier molecular flexibility index (Phi) is 9.12. The summed E-state index contributed by atoms with van der Waals surface area (Å²) in [7, 11) is 2.70. The Morgan fingerprint density at radius 2 is 1.39 bits per heavy atom. The quantitative estimate of drug-likeness (QED) is 0.565. The second kappa shape index (κ2) is 9.07. The fourth-order valence-electron chi connectivity index (χ4n) is 2.47. The standard InChI is InChI=1S/C14H32O3Si/c1-12(2)11-14(13(3)4)9-8-10-18(15-5,16-6)17-7/h12-14H,8-11H2,1-7H3. The van der Waals surface area contributed by atoms with Crippen molar-refractivity contribution in [1.82, 2.24) is 0 Å². The molecule has 3 nitrogen and oxygen atoms in total. The predicted molar refractivity (Wildman–Crippen MR) is 78.6 cm³/mol. The summed E-state index contributed by atoms with van der Waals surface area (Å²) in [5.41, 5.74) is 0. The highest BCUT2D eigenvalue weighted by Crippen LogP contribution is 2.27. The Morgan fingerprint density at radius 1 is 0.889 bits per heavy atom. The minimum absolute atomic E-state index is 0.746. The normalized spacial score (nSPS) is 14.5. The molecule has 0 bridgehead atoms. The van der Waals surface area contributed by atoms with E-state index in [1.807, 2.05) is 0 Å². The van der Waals surface area contributed by atoms with Crippen LogP contribution < -0.4 is 0 Å². The van der Waals surface area contributed by atoms with Crippen LogP contribution in [0.2, 0.25) is 6.04 Å². The zero-order valence-corrected chi connectivity index (χ0v) is 14.3. The van der Waals surface area contributed by atoms with Crippen LogP contribution in [0, 0.1) is 17.8 Å². The molecule has 0 saturated carbocycles. The molecule has 0 aliphatic rings. The van der Waals surface area contributed by atoms with E-state index >= 15 is 0 Å². The lowest BCUT2D eigenvalue weighted by atomic mass is 9.84. The molecule has 0 spiro atoms. The molecule has 1 atom stereocenters. The molecule has 0 aromatic rings. The van der Waals surface area contributed by atoms with Crippen LogP contribution in [0.3, 0.4) is 0 Å². The molecule has 0 amide bonds. The largest absolute Gasteiger partial charge is 0.500 e. The minimum atomic E-state index is -2.36. The third kappa shape index (κ3) is 6.32. The van der Waals surface area contributed by atoms with Crippen LogP contribution in [0.4, 0.5) is 0 Å². The van der Waals surface area contributed by atoms with Crippen molar-refractivity contribution in [2.75, 3.05) is 21.3 Å². The van der Waals surface area contributed by atoms with Crippen molar-refractivity contribution in [2.45, 2.75) is 53.0 Å². The SMILES string of the molecule is CO[Si](CCCC(CC(C)C)C(C)C)(OC)OC. The molecular weight excluding hydrogens is 244 g/mol.